The first-order chi connectivity index (χ1) is 13.1. The minimum absolute atomic E-state index is 0.137. The average Bonchev–Trinajstić information content (AvgIpc) is 2.63. The summed E-state index contributed by atoms with van der Waals surface area (Å²) in [5, 5.41) is 3.18. The van der Waals surface area contributed by atoms with Crippen molar-refractivity contribution in [2.75, 3.05) is 0 Å². The van der Waals surface area contributed by atoms with Crippen molar-refractivity contribution >= 4 is 5.91 Å². The maximum atomic E-state index is 12.2. The lowest BCUT2D eigenvalue weighted by molar-refractivity contribution is -0.122. The van der Waals surface area contributed by atoms with Gasteiger partial charge in [0.2, 0.25) is 5.91 Å². The van der Waals surface area contributed by atoms with E-state index in [0.29, 0.717) is 12.4 Å². The summed E-state index contributed by atoms with van der Waals surface area (Å²) in [5.74, 6) is 0.160. The molecule has 144 valence electrons. The Morgan fingerprint density at radius 1 is 1.07 bits per heavy atom. The van der Waals surface area contributed by atoms with Crippen molar-refractivity contribution in [3.05, 3.63) is 53.3 Å². The maximum absolute atomic E-state index is 12.2. The summed E-state index contributed by atoms with van der Waals surface area (Å²) in [6.07, 6.45) is 6.29. The molecule has 1 aliphatic carbocycles. The number of amides is 1. The van der Waals surface area contributed by atoms with Gasteiger partial charge in [-0.15, -0.1) is 0 Å². The van der Waals surface area contributed by atoms with Gasteiger partial charge in [0.25, 0.3) is 0 Å². The zero-order valence-corrected chi connectivity index (χ0v) is 16.3. The Kier molecular flexibility index (Phi) is 6.80. The van der Waals surface area contributed by atoms with Crippen LogP contribution in [0, 0.1) is 13.8 Å². The highest BCUT2D eigenvalue weighted by Crippen LogP contribution is 2.22. The lowest BCUT2D eigenvalue weighted by Gasteiger charge is -2.29. The standard InChI is InChI=1S/C22H29N3O2/c1-16-15-17(2)24-22(23-16)27-20-13-11-19(12-14-20)25-21(26)10-6-9-18-7-4-3-5-8-18/h3-5,7-8,15,19-20H,6,9-14H2,1-2H3,(H,25,26). The van der Waals surface area contributed by atoms with E-state index in [4.69, 9.17) is 4.74 Å². The first-order valence-electron chi connectivity index (χ1n) is 9.91. The molecule has 0 atom stereocenters. The van der Waals surface area contributed by atoms with Gasteiger partial charge in [-0.25, -0.2) is 9.97 Å². The summed E-state index contributed by atoms with van der Waals surface area (Å²) >= 11 is 0. The number of rotatable bonds is 7. The van der Waals surface area contributed by atoms with Crippen molar-refractivity contribution in [1.82, 2.24) is 15.3 Å². The highest BCUT2D eigenvalue weighted by molar-refractivity contribution is 5.76. The smallest absolute Gasteiger partial charge is 0.317 e. The number of hydrogen-bond donors (Lipinski definition) is 1. The molecule has 0 radical (unpaired) electrons. The summed E-state index contributed by atoms with van der Waals surface area (Å²) < 4.78 is 5.95. The largest absolute Gasteiger partial charge is 0.460 e. The minimum atomic E-state index is 0.137. The highest BCUT2D eigenvalue weighted by atomic mass is 16.5. The second-order valence-corrected chi connectivity index (χ2v) is 7.43. The molecule has 0 saturated heterocycles. The molecule has 1 aromatic heterocycles. The van der Waals surface area contributed by atoms with E-state index < -0.39 is 0 Å². The molecule has 0 spiro atoms. The van der Waals surface area contributed by atoms with Crippen LogP contribution in [-0.4, -0.2) is 28.0 Å². The van der Waals surface area contributed by atoms with Crippen LogP contribution in [0.15, 0.2) is 36.4 Å². The van der Waals surface area contributed by atoms with Gasteiger partial charge >= 0.3 is 6.01 Å². The molecule has 0 aliphatic heterocycles. The predicted molar refractivity (Wildman–Crippen MR) is 106 cm³/mol. The van der Waals surface area contributed by atoms with Crippen LogP contribution in [0.25, 0.3) is 0 Å². The van der Waals surface area contributed by atoms with Crippen molar-refractivity contribution in [3.8, 4) is 6.01 Å². The van der Waals surface area contributed by atoms with Crippen LogP contribution in [0.4, 0.5) is 0 Å². The third-order valence-electron chi connectivity index (χ3n) is 4.99. The second-order valence-electron chi connectivity index (χ2n) is 7.43. The van der Waals surface area contributed by atoms with Crippen molar-refractivity contribution in [1.29, 1.82) is 0 Å². The first kappa shape index (κ1) is 19.3. The fourth-order valence-corrected chi connectivity index (χ4v) is 3.62. The summed E-state index contributed by atoms with van der Waals surface area (Å²) in [4.78, 5) is 20.9. The average molecular weight is 367 g/mol. The van der Waals surface area contributed by atoms with Crippen LogP contribution in [0.2, 0.25) is 0 Å². The predicted octanol–water partition coefficient (Wildman–Crippen LogP) is 3.92. The molecule has 1 N–H and O–H groups in total. The third kappa shape index (κ3) is 6.35. The zero-order chi connectivity index (χ0) is 19.1. The van der Waals surface area contributed by atoms with Gasteiger partial charge in [0.1, 0.15) is 6.10 Å². The first-order valence-corrected chi connectivity index (χ1v) is 9.91. The van der Waals surface area contributed by atoms with Gasteiger partial charge in [-0.05, 0) is 64.0 Å². The molecule has 1 aromatic carbocycles. The van der Waals surface area contributed by atoms with Gasteiger partial charge < -0.3 is 10.1 Å². The van der Waals surface area contributed by atoms with E-state index >= 15 is 0 Å². The number of carbonyl (C=O) groups is 1. The van der Waals surface area contributed by atoms with Gasteiger partial charge in [-0.2, -0.15) is 0 Å². The van der Waals surface area contributed by atoms with E-state index in [1.165, 1.54) is 5.56 Å². The zero-order valence-electron chi connectivity index (χ0n) is 16.3. The summed E-state index contributed by atoms with van der Waals surface area (Å²) in [6, 6.07) is 13.0. The van der Waals surface area contributed by atoms with Gasteiger partial charge in [0, 0.05) is 23.9 Å². The molecule has 1 aliphatic rings. The molecule has 1 amide bonds. The molecular formula is C22H29N3O2. The maximum Gasteiger partial charge on any atom is 0.317 e. The Bertz CT molecular complexity index is 720. The second kappa shape index (κ2) is 9.49. The van der Waals surface area contributed by atoms with Crippen LogP contribution < -0.4 is 10.1 Å². The highest BCUT2D eigenvalue weighted by Gasteiger charge is 2.24. The molecule has 2 aromatic rings. The number of ether oxygens (including phenoxy) is 1. The van der Waals surface area contributed by atoms with Crippen molar-refractivity contribution < 1.29 is 9.53 Å². The Labute approximate surface area is 161 Å². The SMILES string of the molecule is Cc1cc(C)nc(OC2CCC(NC(=O)CCCc3ccccc3)CC2)n1. The molecule has 27 heavy (non-hydrogen) atoms. The molecule has 3 rings (SSSR count). The Balaban J connectivity index is 1.35. The van der Waals surface area contributed by atoms with Crippen molar-refractivity contribution in [3.63, 3.8) is 0 Å². The topological polar surface area (TPSA) is 64.1 Å². The van der Waals surface area contributed by atoms with Crippen molar-refractivity contribution in [2.24, 2.45) is 0 Å². The van der Waals surface area contributed by atoms with Gasteiger partial charge in [0.05, 0.1) is 0 Å². The molecule has 5 nitrogen and oxygen atoms in total. The summed E-state index contributed by atoms with van der Waals surface area (Å²) in [7, 11) is 0. The fourth-order valence-electron chi connectivity index (χ4n) is 3.62. The minimum Gasteiger partial charge on any atom is -0.460 e. The lowest BCUT2D eigenvalue weighted by atomic mass is 9.93. The normalized spacial score (nSPS) is 19.5. The number of hydrogen-bond acceptors (Lipinski definition) is 4. The van der Waals surface area contributed by atoms with Crippen LogP contribution in [0.3, 0.4) is 0 Å². The van der Waals surface area contributed by atoms with Crippen LogP contribution in [0.5, 0.6) is 6.01 Å². The molecular weight excluding hydrogens is 338 g/mol. The van der Waals surface area contributed by atoms with E-state index in [2.05, 4.69) is 27.4 Å². The van der Waals surface area contributed by atoms with E-state index in [-0.39, 0.29) is 18.1 Å². The Morgan fingerprint density at radius 3 is 2.41 bits per heavy atom. The summed E-state index contributed by atoms with van der Waals surface area (Å²) in [5.41, 5.74) is 3.14. The molecule has 1 saturated carbocycles. The lowest BCUT2D eigenvalue weighted by Crippen LogP contribution is -2.39. The van der Waals surface area contributed by atoms with Gasteiger partial charge in [-0.3, -0.25) is 4.79 Å². The van der Waals surface area contributed by atoms with E-state index in [1.807, 2.05) is 38.1 Å². The van der Waals surface area contributed by atoms with Gasteiger partial charge in [0.15, 0.2) is 0 Å². The van der Waals surface area contributed by atoms with Gasteiger partial charge in [-0.1, -0.05) is 30.3 Å². The number of carbonyl (C=O) groups excluding carboxylic acids is 1. The Morgan fingerprint density at radius 2 is 1.74 bits per heavy atom. The molecule has 0 bridgehead atoms. The molecule has 1 heterocycles. The van der Waals surface area contributed by atoms with E-state index in [9.17, 15) is 4.79 Å². The van der Waals surface area contributed by atoms with Crippen molar-refractivity contribution in [2.45, 2.75) is 70.9 Å². The van der Waals surface area contributed by atoms with Crippen LogP contribution >= 0.6 is 0 Å². The third-order valence-corrected chi connectivity index (χ3v) is 4.99. The summed E-state index contributed by atoms with van der Waals surface area (Å²) in [6.45, 7) is 3.90. The number of benzene rings is 1. The molecule has 1 fully saturated rings. The van der Waals surface area contributed by atoms with E-state index in [1.54, 1.807) is 0 Å². The number of aryl methyl sites for hydroxylation is 3. The fraction of sp³-hybridized carbons (Fsp3) is 0.500. The number of nitrogens with zero attached hydrogens (tertiary/aromatic N) is 2. The molecule has 0 unspecified atom stereocenters. The number of nitrogens with one attached hydrogen (secondary N) is 1. The monoisotopic (exact) mass is 367 g/mol. The Hall–Kier alpha value is -2.43. The molecule has 5 heteroatoms. The van der Waals surface area contributed by atoms with Crippen LogP contribution in [0.1, 0.15) is 55.5 Å². The number of aromatic nitrogens is 2. The van der Waals surface area contributed by atoms with E-state index in [0.717, 1.165) is 49.9 Å². The quantitative estimate of drug-likeness (QED) is 0.805. The van der Waals surface area contributed by atoms with Crippen LogP contribution in [-0.2, 0) is 11.2 Å².